The van der Waals surface area contributed by atoms with Gasteiger partial charge in [-0.05, 0) is 50.5 Å². The van der Waals surface area contributed by atoms with Gasteiger partial charge >= 0.3 is 0 Å². The normalized spacial score (nSPS) is 11.4. The first-order chi connectivity index (χ1) is 19.2. The van der Waals surface area contributed by atoms with Crippen LogP contribution in [0.1, 0.15) is 35.2 Å². The fourth-order valence-electron chi connectivity index (χ4n) is 4.02. The summed E-state index contributed by atoms with van der Waals surface area (Å²) in [5.74, 6) is 2.19. The summed E-state index contributed by atoms with van der Waals surface area (Å²) in [7, 11) is -3.98. The van der Waals surface area contributed by atoms with Crippen molar-refractivity contribution in [3.05, 3.63) is 76.8 Å². The maximum Gasteiger partial charge on any atom is 0.263 e. The third-order valence-corrected chi connectivity index (χ3v) is 7.51. The van der Waals surface area contributed by atoms with Gasteiger partial charge in [0.25, 0.3) is 10.0 Å². The average Bonchev–Trinajstić information content (AvgIpc) is 3.25. The van der Waals surface area contributed by atoms with Crippen LogP contribution in [0.3, 0.4) is 0 Å². The van der Waals surface area contributed by atoms with Gasteiger partial charge < -0.3 is 24.4 Å². The van der Waals surface area contributed by atoms with Crippen LogP contribution in [0.4, 0.5) is 11.6 Å². The fourth-order valence-corrected chi connectivity index (χ4v) is 5.30. The quantitative estimate of drug-likeness (QED) is 0.212. The number of aliphatic hydroxyl groups is 1. The molecular formula is C28H33N5O6S. The minimum atomic E-state index is -3.98. The third kappa shape index (κ3) is 6.95. The molecular weight excluding hydrogens is 534 g/mol. The van der Waals surface area contributed by atoms with Crippen molar-refractivity contribution in [1.82, 2.24) is 15.1 Å². The van der Waals surface area contributed by atoms with E-state index in [2.05, 4.69) is 25.2 Å². The molecule has 0 unspecified atom stereocenters. The van der Waals surface area contributed by atoms with Crippen LogP contribution in [0.15, 0.2) is 57.9 Å². The number of nitrogens with zero attached hydrogens (tertiary/aromatic N) is 3. The summed E-state index contributed by atoms with van der Waals surface area (Å²) in [5, 5.41) is 16.1. The van der Waals surface area contributed by atoms with Gasteiger partial charge in [0, 0.05) is 30.3 Å². The Labute approximate surface area is 233 Å². The standard InChI is InChI=1S/C28H33N5O6S/c1-5-37-17-22-14-21(16-29-26-15-27(38-13-12-34)31-20(4)30-26)10-11-23(22)24-8-6-7-9-25(24)40(35,36)33-28-18(2)19(3)39-32-28/h6-11,14-15,34H,5,12-13,16-17H2,1-4H3,(H,32,33)(H,29,30,31). The van der Waals surface area contributed by atoms with Crippen molar-refractivity contribution in [3.63, 3.8) is 0 Å². The van der Waals surface area contributed by atoms with Crippen LogP contribution in [0.2, 0.25) is 0 Å². The molecule has 212 valence electrons. The number of benzene rings is 2. The minimum absolute atomic E-state index is 0.110. The highest BCUT2D eigenvalue weighted by molar-refractivity contribution is 7.92. The molecule has 40 heavy (non-hydrogen) atoms. The Morgan fingerprint density at radius 2 is 1.82 bits per heavy atom. The first kappa shape index (κ1) is 29.0. The second kappa shape index (κ2) is 12.9. The van der Waals surface area contributed by atoms with Gasteiger partial charge in [-0.15, -0.1) is 0 Å². The van der Waals surface area contributed by atoms with E-state index in [1.54, 1.807) is 51.1 Å². The van der Waals surface area contributed by atoms with Crippen molar-refractivity contribution in [3.8, 4) is 17.0 Å². The number of sulfonamides is 1. The highest BCUT2D eigenvalue weighted by Crippen LogP contribution is 2.33. The van der Waals surface area contributed by atoms with E-state index in [-0.39, 0.29) is 23.9 Å². The summed E-state index contributed by atoms with van der Waals surface area (Å²) >= 11 is 0. The Balaban J connectivity index is 1.63. The van der Waals surface area contributed by atoms with E-state index in [4.69, 9.17) is 19.1 Å². The van der Waals surface area contributed by atoms with Crippen LogP contribution < -0.4 is 14.8 Å². The minimum Gasteiger partial charge on any atom is -0.475 e. The van der Waals surface area contributed by atoms with Gasteiger partial charge in [0.15, 0.2) is 5.82 Å². The predicted molar refractivity (Wildman–Crippen MR) is 151 cm³/mol. The van der Waals surface area contributed by atoms with Crippen LogP contribution >= 0.6 is 0 Å². The van der Waals surface area contributed by atoms with E-state index < -0.39 is 10.0 Å². The fraction of sp³-hybridized carbons (Fsp3) is 0.321. The SMILES string of the molecule is CCOCc1cc(CNc2cc(OCCO)nc(C)n2)ccc1-c1ccccc1S(=O)(=O)Nc1noc(C)c1C. The molecule has 0 aliphatic carbocycles. The molecule has 2 heterocycles. The van der Waals surface area contributed by atoms with Crippen molar-refractivity contribution in [2.45, 2.75) is 45.7 Å². The lowest BCUT2D eigenvalue weighted by atomic mass is 9.97. The molecule has 0 aliphatic heterocycles. The molecule has 12 heteroatoms. The molecule has 0 atom stereocenters. The molecule has 0 spiro atoms. The molecule has 0 radical (unpaired) electrons. The number of nitrogens with one attached hydrogen (secondary N) is 2. The second-order valence-corrected chi connectivity index (χ2v) is 10.7. The van der Waals surface area contributed by atoms with E-state index >= 15 is 0 Å². The Morgan fingerprint density at radius 1 is 1.02 bits per heavy atom. The molecule has 0 fully saturated rings. The number of ether oxygens (including phenoxy) is 2. The highest BCUT2D eigenvalue weighted by atomic mass is 32.2. The Kier molecular flexibility index (Phi) is 9.35. The summed E-state index contributed by atoms with van der Waals surface area (Å²) < 4.78 is 45.8. The van der Waals surface area contributed by atoms with Gasteiger partial charge in [-0.2, -0.15) is 4.98 Å². The van der Waals surface area contributed by atoms with E-state index in [9.17, 15) is 8.42 Å². The second-order valence-electron chi connectivity index (χ2n) is 9.01. The summed E-state index contributed by atoms with van der Waals surface area (Å²) in [5.41, 5.74) is 3.69. The summed E-state index contributed by atoms with van der Waals surface area (Å²) in [4.78, 5) is 8.73. The van der Waals surface area contributed by atoms with Crippen LogP contribution in [0, 0.1) is 20.8 Å². The smallest absolute Gasteiger partial charge is 0.263 e. The number of aromatic nitrogens is 3. The molecule has 0 amide bonds. The molecule has 0 saturated heterocycles. The zero-order valence-electron chi connectivity index (χ0n) is 22.9. The molecule has 11 nitrogen and oxygen atoms in total. The zero-order valence-corrected chi connectivity index (χ0v) is 23.7. The van der Waals surface area contributed by atoms with E-state index in [0.717, 1.165) is 16.7 Å². The van der Waals surface area contributed by atoms with Crippen molar-refractivity contribution in [2.75, 3.05) is 29.9 Å². The number of aryl methyl sites for hydroxylation is 2. The van der Waals surface area contributed by atoms with Crippen molar-refractivity contribution in [2.24, 2.45) is 0 Å². The van der Waals surface area contributed by atoms with Gasteiger partial charge in [0.1, 0.15) is 24.0 Å². The maximum atomic E-state index is 13.5. The lowest BCUT2D eigenvalue weighted by Gasteiger charge is -2.16. The molecule has 0 saturated carbocycles. The monoisotopic (exact) mass is 567 g/mol. The number of aliphatic hydroxyl groups excluding tert-OH is 1. The molecule has 4 rings (SSSR count). The van der Waals surface area contributed by atoms with E-state index in [1.807, 2.05) is 25.1 Å². The van der Waals surface area contributed by atoms with Crippen molar-refractivity contribution in [1.29, 1.82) is 0 Å². The maximum absolute atomic E-state index is 13.5. The lowest BCUT2D eigenvalue weighted by molar-refractivity contribution is 0.134. The van der Waals surface area contributed by atoms with E-state index in [0.29, 0.717) is 54.2 Å². The van der Waals surface area contributed by atoms with Gasteiger partial charge in [-0.25, -0.2) is 13.4 Å². The van der Waals surface area contributed by atoms with Gasteiger partial charge in [0.2, 0.25) is 5.88 Å². The Hall–Kier alpha value is -4.00. The number of hydrogen-bond donors (Lipinski definition) is 3. The summed E-state index contributed by atoms with van der Waals surface area (Å²) in [6.45, 7) is 8.42. The molecule has 2 aromatic heterocycles. The van der Waals surface area contributed by atoms with Crippen molar-refractivity contribution >= 4 is 21.7 Å². The number of hydrogen-bond acceptors (Lipinski definition) is 10. The van der Waals surface area contributed by atoms with Crippen LogP contribution in [-0.4, -0.2) is 48.5 Å². The first-order valence-electron chi connectivity index (χ1n) is 12.8. The van der Waals surface area contributed by atoms with Crippen LogP contribution in [0.5, 0.6) is 5.88 Å². The molecule has 2 aromatic carbocycles. The predicted octanol–water partition coefficient (Wildman–Crippen LogP) is 4.38. The molecule has 0 bridgehead atoms. The third-order valence-electron chi connectivity index (χ3n) is 6.12. The molecule has 0 aliphatic rings. The van der Waals surface area contributed by atoms with Crippen LogP contribution in [-0.2, 0) is 27.9 Å². The highest BCUT2D eigenvalue weighted by Gasteiger charge is 2.23. The number of rotatable bonds is 13. The van der Waals surface area contributed by atoms with E-state index in [1.165, 1.54) is 0 Å². The lowest BCUT2D eigenvalue weighted by Crippen LogP contribution is -2.15. The Bertz CT molecular complexity index is 1570. The topological polar surface area (TPSA) is 149 Å². The Morgan fingerprint density at radius 3 is 2.55 bits per heavy atom. The van der Waals surface area contributed by atoms with Crippen LogP contribution in [0.25, 0.3) is 11.1 Å². The van der Waals surface area contributed by atoms with Crippen molar-refractivity contribution < 1.29 is 27.5 Å². The molecule has 3 N–H and O–H groups in total. The van der Waals surface area contributed by atoms with Gasteiger partial charge in [-0.1, -0.05) is 41.6 Å². The van der Waals surface area contributed by atoms with Gasteiger partial charge in [0.05, 0.1) is 18.1 Å². The molecule has 4 aromatic rings. The largest absolute Gasteiger partial charge is 0.475 e. The average molecular weight is 568 g/mol. The van der Waals surface area contributed by atoms with Gasteiger partial charge in [-0.3, -0.25) is 4.72 Å². The number of anilines is 2. The first-order valence-corrected chi connectivity index (χ1v) is 14.3. The summed E-state index contributed by atoms with van der Waals surface area (Å²) in [6.07, 6.45) is 0. The zero-order chi connectivity index (χ0) is 28.7. The summed E-state index contributed by atoms with van der Waals surface area (Å²) in [6, 6.07) is 14.3.